The number of phenolic OH excluding ortho intramolecular Hbond substituents is 1. The van der Waals surface area contributed by atoms with Crippen LogP contribution >= 0.6 is 11.8 Å². The highest BCUT2D eigenvalue weighted by atomic mass is 32.2. The van der Waals surface area contributed by atoms with E-state index in [1.54, 1.807) is 28.9 Å². The Labute approximate surface area is 189 Å². The third-order valence-corrected chi connectivity index (χ3v) is 6.49. The van der Waals surface area contributed by atoms with E-state index in [0.29, 0.717) is 24.1 Å². The molecule has 0 spiro atoms. The Balaban J connectivity index is 1.28. The summed E-state index contributed by atoms with van der Waals surface area (Å²) in [6.07, 6.45) is 2.74. The maximum atomic E-state index is 13.1. The van der Waals surface area contributed by atoms with Gasteiger partial charge in [0.1, 0.15) is 5.75 Å². The molecule has 1 aromatic heterocycles. The van der Waals surface area contributed by atoms with Crippen LogP contribution in [-0.4, -0.2) is 61.6 Å². The molecular formula is C22H23N5O4S. The van der Waals surface area contributed by atoms with Crippen molar-refractivity contribution in [3.63, 3.8) is 0 Å². The number of likely N-dealkylation sites (tertiary alicyclic amines) is 1. The lowest BCUT2D eigenvalue weighted by Gasteiger charge is -2.25. The Morgan fingerprint density at radius 3 is 2.75 bits per heavy atom. The summed E-state index contributed by atoms with van der Waals surface area (Å²) in [6, 6.07) is 12.6. The summed E-state index contributed by atoms with van der Waals surface area (Å²) in [4.78, 5) is 15.0. The fourth-order valence-electron chi connectivity index (χ4n) is 4.03. The zero-order valence-corrected chi connectivity index (χ0v) is 18.2. The van der Waals surface area contributed by atoms with Gasteiger partial charge in [0.25, 0.3) is 0 Å². The average Bonchev–Trinajstić information content (AvgIpc) is 3.43. The molecule has 9 nitrogen and oxygen atoms in total. The van der Waals surface area contributed by atoms with E-state index in [1.165, 1.54) is 11.8 Å². The smallest absolute Gasteiger partial charge is 0.233 e. The predicted octanol–water partition coefficient (Wildman–Crippen LogP) is 2.99. The number of rotatable bonds is 5. The second kappa shape index (κ2) is 9.07. The molecule has 1 saturated heterocycles. The third-order valence-electron chi connectivity index (χ3n) is 5.59. The molecule has 1 unspecified atom stereocenters. The normalized spacial score (nSPS) is 17.9. The number of benzene rings is 2. The fraction of sp³-hybridized carbons (Fsp3) is 0.364. The molecule has 32 heavy (non-hydrogen) atoms. The van der Waals surface area contributed by atoms with Crippen molar-refractivity contribution < 1.29 is 19.4 Å². The Morgan fingerprint density at radius 1 is 1.09 bits per heavy atom. The summed E-state index contributed by atoms with van der Waals surface area (Å²) in [7, 11) is 0. The maximum absolute atomic E-state index is 13.1. The van der Waals surface area contributed by atoms with Crippen molar-refractivity contribution in [1.82, 2.24) is 25.1 Å². The lowest BCUT2D eigenvalue weighted by Crippen LogP contribution is -2.32. The highest BCUT2D eigenvalue weighted by molar-refractivity contribution is 7.99. The number of amides is 1. The summed E-state index contributed by atoms with van der Waals surface area (Å²) < 4.78 is 13.1. The van der Waals surface area contributed by atoms with Gasteiger partial charge in [-0.25, -0.2) is 0 Å². The molecule has 1 fully saturated rings. The first kappa shape index (κ1) is 20.6. The van der Waals surface area contributed by atoms with Gasteiger partial charge in [0.05, 0.1) is 30.7 Å². The largest absolute Gasteiger partial charge is 0.508 e. The van der Waals surface area contributed by atoms with Gasteiger partial charge in [0.2, 0.25) is 11.1 Å². The molecule has 2 aromatic carbocycles. The molecule has 3 aromatic rings. The lowest BCUT2D eigenvalue weighted by molar-refractivity contribution is -0.129. The number of hydrogen-bond acceptors (Lipinski definition) is 8. The third kappa shape index (κ3) is 4.22. The van der Waals surface area contributed by atoms with Gasteiger partial charge in [0.15, 0.2) is 11.5 Å². The quantitative estimate of drug-likeness (QED) is 0.588. The SMILES string of the molecule is O=C(CSc1nnnn1-c1ccc(O)cc1)N1CCCC1c1ccc2c(c1)OCCCO2. The molecule has 0 aliphatic carbocycles. The van der Waals surface area contributed by atoms with Crippen molar-refractivity contribution in [3.8, 4) is 22.9 Å². The molecule has 1 atom stereocenters. The van der Waals surface area contributed by atoms with Gasteiger partial charge in [0, 0.05) is 13.0 Å². The number of ether oxygens (including phenoxy) is 2. The number of tetrazole rings is 1. The number of carbonyl (C=O) groups excluding carboxylic acids is 1. The molecule has 0 saturated carbocycles. The molecule has 2 aliphatic rings. The van der Waals surface area contributed by atoms with E-state index < -0.39 is 0 Å². The van der Waals surface area contributed by atoms with Crippen LogP contribution in [0.5, 0.6) is 17.2 Å². The van der Waals surface area contributed by atoms with Gasteiger partial charge in [-0.15, -0.1) is 5.10 Å². The van der Waals surface area contributed by atoms with Gasteiger partial charge < -0.3 is 19.5 Å². The first-order valence-electron chi connectivity index (χ1n) is 10.6. The van der Waals surface area contributed by atoms with Crippen LogP contribution in [0.2, 0.25) is 0 Å². The monoisotopic (exact) mass is 453 g/mol. The van der Waals surface area contributed by atoms with E-state index in [1.807, 2.05) is 23.1 Å². The van der Waals surface area contributed by atoms with Crippen molar-refractivity contribution in [3.05, 3.63) is 48.0 Å². The second-order valence-electron chi connectivity index (χ2n) is 7.68. The molecule has 10 heteroatoms. The number of aromatic hydroxyl groups is 1. The minimum atomic E-state index is 0.0216. The van der Waals surface area contributed by atoms with E-state index in [0.717, 1.165) is 42.9 Å². The number of aromatic nitrogens is 4. The molecule has 2 aliphatic heterocycles. The van der Waals surface area contributed by atoms with Crippen molar-refractivity contribution in [2.24, 2.45) is 0 Å². The van der Waals surface area contributed by atoms with Crippen molar-refractivity contribution >= 4 is 17.7 Å². The number of nitrogens with zero attached hydrogens (tertiary/aromatic N) is 5. The van der Waals surface area contributed by atoms with Crippen LogP contribution < -0.4 is 9.47 Å². The van der Waals surface area contributed by atoms with Crippen molar-refractivity contribution in [2.45, 2.75) is 30.5 Å². The highest BCUT2D eigenvalue weighted by Crippen LogP contribution is 2.38. The first-order chi connectivity index (χ1) is 15.7. The minimum absolute atomic E-state index is 0.0216. The van der Waals surface area contributed by atoms with Crippen molar-refractivity contribution in [2.75, 3.05) is 25.5 Å². The Kier molecular flexibility index (Phi) is 5.85. The van der Waals surface area contributed by atoms with Crippen LogP contribution in [0.1, 0.15) is 30.9 Å². The molecule has 166 valence electrons. The van der Waals surface area contributed by atoms with Crippen LogP contribution in [-0.2, 0) is 4.79 Å². The van der Waals surface area contributed by atoms with Crippen LogP contribution in [0.4, 0.5) is 0 Å². The molecule has 0 bridgehead atoms. The topological polar surface area (TPSA) is 103 Å². The van der Waals surface area contributed by atoms with E-state index >= 15 is 0 Å². The van der Waals surface area contributed by atoms with Crippen LogP contribution in [0.15, 0.2) is 47.6 Å². The van der Waals surface area contributed by atoms with E-state index in [9.17, 15) is 9.90 Å². The summed E-state index contributed by atoms with van der Waals surface area (Å²) in [5.41, 5.74) is 1.79. The standard InChI is InChI=1S/C22H23N5O4S/c28-17-7-5-16(6-8-17)27-22(23-24-25-27)32-14-21(29)26-10-1-3-18(26)15-4-9-19-20(13-15)31-12-2-11-30-19/h4-9,13,18,28H,1-3,10-12,14H2. The van der Waals surface area contributed by atoms with Gasteiger partial charge in [-0.3, -0.25) is 4.79 Å². The molecular weight excluding hydrogens is 430 g/mol. The highest BCUT2D eigenvalue weighted by Gasteiger charge is 2.31. The number of hydrogen-bond donors (Lipinski definition) is 1. The summed E-state index contributed by atoms with van der Waals surface area (Å²) >= 11 is 1.30. The minimum Gasteiger partial charge on any atom is -0.508 e. The number of thioether (sulfide) groups is 1. The number of phenols is 1. The lowest BCUT2D eigenvalue weighted by atomic mass is 10.0. The predicted molar refractivity (Wildman–Crippen MR) is 117 cm³/mol. The zero-order valence-electron chi connectivity index (χ0n) is 17.4. The first-order valence-corrected chi connectivity index (χ1v) is 11.6. The summed E-state index contributed by atoms with van der Waals surface area (Å²) in [6.45, 7) is 2.01. The fourth-order valence-corrected chi connectivity index (χ4v) is 4.81. The Morgan fingerprint density at radius 2 is 1.91 bits per heavy atom. The van der Waals surface area contributed by atoms with E-state index in [2.05, 4.69) is 15.5 Å². The Bertz CT molecular complexity index is 1100. The van der Waals surface area contributed by atoms with Crippen molar-refractivity contribution in [1.29, 1.82) is 0 Å². The van der Waals surface area contributed by atoms with E-state index in [-0.39, 0.29) is 23.5 Å². The van der Waals surface area contributed by atoms with E-state index in [4.69, 9.17) is 9.47 Å². The summed E-state index contributed by atoms with van der Waals surface area (Å²) in [5.74, 6) is 1.96. The molecule has 3 heterocycles. The number of fused-ring (bicyclic) bond motifs is 1. The Hall–Kier alpha value is -3.27. The van der Waals surface area contributed by atoms with Gasteiger partial charge in [-0.1, -0.05) is 17.8 Å². The average molecular weight is 454 g/mol. The molecule has 1 amide bonds. The van der Waals surface area contributed by atoms with Gasteiger partial charge in [-0.2, -0.15) is 4.68 Å². The van der Waals surface area contributed by atoms with Gasteiger partial charge >= 0.3 is 0 Å². The molecule has 0 radical (unpaired) electrons. The zero-order chi connectivity index (χ0) is 21.9. The van der Waals surface area contributed by atoms with Gasteiger partial charge in [-0.05, 0) is 65.2 Å². The number of carbonyl (C=O) groups is 1. The molecule has 5 rings (SSSR count). The van der Waals surface area contributed by atoms with Crippen LogP contribution in [0, 0.1) is 0 Å². The van der Waals surface area contributed by atoms with Crippen LogP contribution in [0.25, 0.3) is 5.69 Å². The summed E-state index contributed by atoms with van der Waals surface area (Å²) in [5, 5.41) is 21.8. The van der Waals surface area contributed by atoms with Crippen LogP contribution in [0.3, 0.4) is 0 Å². The molecule has 1 N–H and O–H groups in total. The maximum Gasteiger partial charge on any atom is 0.233 e. The second-order valence-corrected chi connectivity index (χ2v) is 8.62.